The van der Waals surface area contributed by atoms with Crippen LogP contribution in [0.3, 0.4) is 0 Å². The van der Waals surface area contributed by atoms with E-state index in [1.54, 1.807) is 30.8 Å². The Kier molecular flexibility index (Phi) is 8.18. The second-order valence-corrected chi connectivity index (χ2v) is 8.89. The highest BCUT2D eigenvalue weighted by Gasteiger charge is 2.34. The molecule has 1 aliphatic carbocycles. The maximum atomic E-state index is 13.1. The van der Waals surface area contributed by atoms with E-state index in [2.05, 4.69) is 11.6 Å². The number of carbonyl (C=O) groups excluding carboxylic acids is 1. The Morgan fingerprint density at radius 2 is 1.93 bits per heavy atom. The number of hydrogen-bond acceptors (Lipinski definition) is 4. The molecule has 3 rings (SSSR count). The summed E-state index contributed by atoms with van der Waals surface area (Å²) < 4.78 is 19.5. The molecule has 0 bridgehead atoms. The maximum Gasteiger partial charge on any atom is 0.219 e. The summed E-state index contributed by atoms with van der Waals surface area (Å²) in [5.74, 6) is 1.37. The summed E-state index contributed by atoms with van der Waals surface area (Å²) in [6.07, 6.45) is 8.69. The minimum atomic E-state index is -0.173. The highest BCUT2D eigenvalue weighted by atomic mass is 32.2. The van der Waals surface area contributed by atoms with Crippen molar-refractivity contribution in [3.63, 3.8) is 0 Å². The Morgan fingerprint density at radius 3 is 2.57 bits per heavy atom. The van der Waals surface area contributed by atoms with Gasteiger partial charge in [-0.25, -0.2) is 4.39 Å². The highest BCUT2D eigenvalue weighted by Crippen LogP contribution is 2.34. The summed E-state index contributed by atoms with van der Waals surface area (Å²) in [6.45, 7) is 3.10. The van der Waals surface area contributed by atoms with Crippen LogP contribution >= 0.6 is 11.8 Å². The average molecular weight is 409 g/mol. The first-order valence-corrected chi connectivity index (χ1v) is 11.8. The molecule has 1 heterocycles. The first-order chi connectivity index (χ1) is 13.6. The van der Waals surface area contributed by atoms with E-state index in [1.807, 2.05) is 17.0 Å². The summed E-state index contributed by atoms with van der Waals surface area (Å²) in [4.78, 5) is 14.1. The Bertz CT molecular complexity index is 619. The number of carbonyl (C=O) groups is 1. The first kappa shape index (κ1) is 21.6. The summed E-state index contributed by atoms with van der Waals surface area (Å²) >= 11 is 1.77. The number of amides is 1. The zero-order chi connectivity index (χ0) is 19.9. The molecule has 0 aromatic heterocycles. The molecule has 0 spiro atoms. The van der Waals surface area contributed by atoms with Crippen LogP contribution in [0.25, 0.3) is 0 Å². The third-order valence-electron chi connectivity index (χ3n) is 6.19. The quantitative estimate of drug-likeness (QED) is 0.688. The fourth-order valence-corrected chi connectivity index (χ4v) is 5.00. The molecule has 1 aliphatic heterocycles. The van der Waals surface area contributed by atoms with Gasteiger partial charge in [-0.05, 0) is 68.4 Å². The second kappa shape index (κ2) is 10.6. The highest BCUT2D eigenvalue weighted by molar-refractivity contribution is 7.98. The fraction of sp³-hybridized carbons (Fsp3) is 0.682. The lowest BCUT2D eigenvalue weighted by molar-refractivity contribution is -0.136. The van der Waals surface area contributed by atoms with Crippen LogP contribution in [0.2, 0.25) is 0 Å². The Hall–Kier alpha value is -1.11. The minimum Gasteiger partial charge on any atom is -0.376 e. The average Bonchev–Trinajstić information content (AvgIpc) is 2.71. The SMILES string of the molecule is CSCN[C@H]1CCCN(C(C)=O)[C@H]1COC1CCC(c2ccc(F)cc2)CC1. The van der Waals surface area contributed by atoms with Gasteiger partial charge in [-0.15, -0.1) is 11.8 Å². The second-order valence-electron chi connectivity index (χ2n) is 8.02. The lowest BCUT2D eigenvalue weighted by Gasteiger charge is -2.42. The summed E-state index contributed by atoms with van der Waals surface area (Å²) in [7, 11) is 0. The van der Waals surface area contributed by atoms with Gasteiger partial charge in [0.1, 0.15) is 5.82 Å². The van der Waals surface area contributed by atoms with Crippen molar-refractivity contribution < 1.29 is 13.9 Å². The molecular weight excluding hydrogens is 375 g/mol. The van der Waals surface area contributed by atoms with Crippen molar-refractivity contribution in [2.24, 2.45) is 0 Å². The van der Waals surface area contributed by atoms with Crippen LogP contribution in [-0.4, -0.2) is 54.3 Å². The van der Waals surface area contributed by atoms with Gasteiger partial charge >= 0.3 is 0 Å². The van der Waals surface area contributed by atoms with Gasteiger partial charge < -0.3 is 15.0 Å². The van der Waals surface area contributed by atoms with Crippen molar-refractivity contribution in [3.8, 4) is 0 Å². The normalized spacial score (nSPS) is 28.3. The van der Waals surface area contributed by atoms with E-state index in [-0.39, 0.29) is 23.9 Å². The molecule has 156 valence electrons. The molecular formula is C22H33FN2O2S. The lowest BCUT2D eigenvalue weighted by Crippen LogP contribution is -2.57. The van der Waals surface area contributed by atoms with Crippen molar-refractivity contribution >= 4 is 17.7 Å². The Balaban J connectivity index is 1.51. The van der Waals surface area contributed by atoms with Crippen molar-refractivity contribution in [2.45, 2.75) is 69.6 Å². The molecule has 2 aliphatic rings. The molecule has 2 atom stereocenters. The Labute approximate surface area is 172 Å². The van der Waals surface area contributed by atoms with Gasteiger partial charge in [-0.3, -0.25) is 4.79 Å². The topological polar surface area (TPSA) is 41.6 Å². The molecule has 1 amide bonds. The van der Waals surface area contributed by atoms with Crippen molar-refractivity contribution in [1.29, 1.82) is 0 Å². The van der Waals surface area contributed by atoms with Crippen LogP contribution in [0.15, 0.2) is 24.3 Å². The first-order valence-electron chi connectivity index (χ1n) is 10.4. The molecule has 0 radical (unpaired) electrons. The van der Waals surface area contributed by atoms with Gasteiger partial charge in [-0.1, -0.05) is 12.1 Å². The maximum absolute atomic E-state index is 13.1. The lowest BCUT2D eigenvalue weighted by atomic mass is 9.82. The number of halogens is 1. The molecule has 2 fully saturated rings. The fourth-order valence-electron chi connectivity index (χ4n) is 4.61. The predicted octanol–water partition coefficient (Wildman–Crippen LogP) is 4.16. The standard InChI is InChI=1S/C22H33FN2O2S/c1-16(26)25-13-3-4-21(24-15-28-2)22(25)14-27-20-11-7-18(8-12-20)17-5-9-19(23)10-6-17/h5-6,9-10,18,20-22,24H,3-4,7-8,11-15H2,1-2H3/t18?,20?,21-,22-/m0/s1. The number of benzene rings is 1. The van der Waals surface area contributed by atoms with Gasteiger partial charge in [0.05, 0.1) is 18.8 Å². The largest absolute Gasteiger partial charge is 0.376 e. The van der Waals surface area contributed by atoms with Gasteiger partial charge in [0.15, 0.2) is 0 Å². The molecule has 1 aromatic rings. The molecule has 1 N–H and O–H groups in total. The third-order valence-corrected chi connectivity index (χ3v) is 6.65. The third kappa shape index (κ3) is 5.71. The molecule has 6 heteroatoms. The number of hydrogen-bond donors (Lipinski definition) is 1. The van der Waals surface area contributed by atoms with Gasteiger partial charge in [-0.2, -0.15) is 0 Å². The molecule has 1 saturated heterocycles. The number of thioether (sulfide) groups is 1. The molecule has 1 saturated carbocycles. The van der Waals surface area contributed by atoms with E-state index in [0.717, 1.165) is 50.9 Å². The smallest absolute Gasteiger partial charge is 0.219 e. The number of nitrogens with one attached hydrogen (secondary N) is 1. The Morgan fingerprint density at radius 1 is 1.21 bits per heavy atom. The minimum absolute atomic E-state index is 0.119. The summed E-state index contributed by atoms with van der Waals surface area (Å²) in [5.41, 5.74) is 1.23. The van der Waals surface area contributed by atoms with Crippen LogP contribution in [0.5, 0.6) is 0 Å². The van der Waals surface area contributed by atoms with E-state index in [4.69, 9.17) is 4.74 Å². The molecule has 4 nitrogen and oxygen atoms in total. The van der Waals surface area contributed by atoms with E-state index in [0.29, 0.717) is 18.6 Å². The van der Waals surface area contributed by atoms with E-state index >= 15 is 0 Å². The summed E-state index contributed by atoms with van der Waals surface area (Å²) in [6, 6.07) is 7.36. The molecule has 28 heavy (non-hydrogen) atoms. The number of ether oxygens (including phenoxy) is 1. The van der Waals surface area contributed by atoms with Crippen LogP contribution in [0.1, 0.15) is 56.9 Å². The molecule has 1 aromatic carbocycles. The summed E-state index contributed by atoms with van der Waals surface area (Å²) in [5, 5.41) is 3.59. The van der Waals surface area contributed by atoms with Crippen molar-refractivity contribution in [3.05, 3.63) is 35.6 Å². The molecule has 0 unspecified atom stereocenters. The van der Waals surface area contributed by atoms with E-state index < -0.39 is 0 Å². The van der Waals surface area contributed by atoms with Crippen LogP contribution in [0, 0.1) is 5.82 Å². The monoisotopic (exact) mass is 408 g/mol. The van der Waals surface area contributed by atoms with Gasteiger partial charge in [0, 0.05) is 25.4 Å². The number of likely N-dealkylation sites (tertiary alicyclic amines) is 1. The van der Waals surface area contributed by atoms with Gasteiger partial charge in [0.25, 0.3) is 0 Å². The van der Waals surface area contributed by atoms with E-state index in [9.17, 15) is 9.18 Å². The number of piperidine rings is 1. The van der Waals surface area contributed by atoms with Crippen molar-refractivity contribution in [1.82, 2.24) is 10.2 Å². The van der Waals surface area contributed by atoms with Crippen LogP contribution in [0.4, 0.5) is 4.39 Å². The van der Waals surface area contributed by atoms with Crippen LogP contribution in [-0.2, 0) is 9.53 Å². The number of nitrogens with zero attached hydrogens (tertiary/aromatic N) is 1. The zero-order valence-corrected chi connectivity index (χ0v) is 17.8. The predicted molar refractivity (Wildman–Crippen MR) is 113 cm³/mol. The number of rotatable bonds is 7. The van der Waals surface area contributed by atoms with E-state index in [1.165, 1.54) is 5.56 Å². The van der Waals surface area contributed by atoms with Crippen LogP contribution < -0.4 is 5.32 Å². The zero-order valence-electron chi connectivity index (χ0n) is 17.0. The van der Waals surface area contributed by atoms with Gasteiger partial charge in [0.2, 0.25) is 5.91 Å². The van der Waals surface area contributed by atoms with Crippen molar-refractivity contribution in [2.75, 3.05) is 25.3 Å².